The summed E-state index contributed by atoms with van der Waals surface area (Å²) < 4.78 is 5.47. The molecule has 1 aliphatic rings. The largest absolute Gasteiger partial charge is 0.381 e. The maximum atomic E-state index is 5.47. The van der Waals surface area contributed by atoms with Crippen molar-refractivity contribution >= 4 is 0 Å². The molecule has 0 aliphatic carbocycles. The maximum absolute atomic E-state index is 5.47. The van der Waals surface area contributed by atoms with Crippen molar-refractivity contribution in [2.45, 2.75) is 39.5 Å². The average molecular weight is 156 g/mol. The van der Waals surface area contributed by atoms with Gasteiger partial charge in [0.05, 0.1) is 0 Å². The third kappa shape index (κ3) is 2.48. The molecule has 1 unspecified atom stereocenters. The third-order valence-electron chi connectivity index (χ3n) is 2.91. The van der Waals surface area contributed by atoms with Crippen LogP contribution in [0.3, 0.4) is 0 Å². The van der Waals surface area contributed by atoms with Gasteiger partial charge in [0.1, 0.15) is 0 Å². The molecule has 1 heteroatoms. The van der Waals surface area contributed by atoms with Gasteiger partial charge in [0, 0.05) is 13.2 Å². The van der Waals surface area contributed by atoms with Crippen LogP contribution in [0.4, 0.5) is 0 Å². The number of ether oxygens (including phenoxy) is 1. The minimum absolute atomic E-state index is 0.860. The zero-order chi connectivity index (χ0) is 8.10. The second-order valence-corrected chi connectivity index (χ2v) is 3.55. The highest BCUT2D eigenvalue weighted by Crippen LogP contribution is 2.26. The van der Waals surface area contributed by atoms with Crippen molar-refractivity contribution < 1.29 is 4.74 Å². The van der Waals surface area contributed by atoms with Crippen LogP contribution in [0.1, 0.15) is 39.5 Å². The van der Waals surface area contributed by atoms with Crippen molar-refractivity contribution in [3.63, 3.8) is 0 Å². The lowest BCUT2D eigenvalue weighted by atomic mass is 9.84. The summed E-state index contributed by atoms with van der Waals surface area (Å²) in [6, 6.07) is 0. The molecule has 0 aromatic heterocycles. The fourth-order valence-corrected chi connectivity index (χ4v) is 2.09. The van der Waals surface area contributed by atoms with E-state index in [-0.39, 0.29) is 0 Å². The Bertz CT molecular complexity index is 91.0. The van der Waals surface area contributed by atoms with Crippen LogP contribution in [0.5, 0.6) is 0 Å². The van der Waals surface area contributed by atoms with Gasteiger partial charge in [-0.1, -0.05) is 26.7 Å². The van der Waals surface area contributed by atoms with Crippen LogP contribution >= 0.6 is 0 Å². The molecule has 1 aliphatic heterocycles. The van der Waals surface area contributed by atoms with Crippen LogP contribution in [0.15, 0.2) is 0 Å². The average Bonchev–Trinajstić information content (AvgIpc) is 2.09. The Morgan fingerprint density at radius 2 is 2.09 bits per heavy atom. The Kier molecular flexibility index (Phi) is 3.92. The van der Waals surface area contributed by atoms with E-state index < -0.39 is 0 Å². The van der Waals surface area contributed by atoms with Gasteiger partial charge in [-0.15, -0.1) is 0 Å². The highest BCUT2D eigenvalue weighted by Gasteiger charge is 2.20. The molecule has 11 heavy (non-hydrogen) atoms. The lowest BCUT2D eigenvalue weighted by molar-refractivity contribution is 0.0288. The van der Waals surface area contributed by atoms with Crippen molar-refractivity contribution in [1.29, 1.82) is 0 Å². The summed E-state index contributed by atoms with van der Waals surface area (Å²) in [7, 11) is 0. The van der Waals surface area contributed by atoms with Gasteiger partial charge in [0.15, 0.2) is 0 Å². The highest BCUT2D eigenvalue weighted by atomic mass is 16.5. The molecule has 0 spiro atoms. The molecular formula is C10H20O. The van der Waals surface area contributed by atoms with Gasteiger partial charge < -0.3 is 4.74 Å². The van der Waals surface area contributed by atoms with Crippen LogP contribution in [-0.4, -0.2) is 13.2 Å². The van der Waals surface area contributed by atoms with Gasteiger partial charge in [0.25, 0.3) is 0 Å². The van der Waals surface area contributed by atoms with E-state index in [4.69, 9.17) is 4.74 Å². The van der Waals surface area contributed by atoms with Crippen LogP contribution in [0.2, 0.25) is 0 Å². The first-order valence-electron chi connectivity index (χ1n) is 4.96. The molecule has 0 aromatic rings. The zero-order valence-electron chi connectivity index (χ0n) is 7.81. The van der Waals surface area contributed by atoms with E-state index in [0.717, 1.165) is 25.0 Å². The van der Waals surface area contributed by atoms with E-state index in [0.29, 0.717) is 0 Å². The molecule has 0 radical (unpaired) electrons. The van der Waals surface area contributed by atoms with Crippen molar-refractivity contribution in [2.75, 3.05) is 13.2 Å². The van der Waals surface area contributed by atoms with E-state index in [1.165, 1.54) is 25.7 Å². The summed E-state index contributed by atoms with van der Waals surface area (Å²) in [5.41, 5.74) is 0. The zero-order valence-corrected chi connectivity index (χ0v) is 7.81. The van der Waals surface area contributed by atoms with E-state index in [9.17, 15) is 0 Å². The Hall–Kier alpha value is -0.0400. The highest BCUT2D eigenvalue weighted by molar-refractivity contribution is 4.70. The Balaban J connectivity index is 2.30. The van der Waals surface area contributed by atoms with Crippen LogP contribution in [-0.2, 0) is 4.74 Å². The van der Waals surface area contributed by atoms with Crippen LogP contribution in [0.25, 0.3) is 0 Å². The van der Waals surface area contributed by atoms with E-state index >= 15 is 0 Å². The smallest absolute Gasteiger partial charge is 0.0496 e. The first-order valence-corrected chi connectivity index (χ1v) is 4.96. The fourth-order valence-electron chi connectivity index (χ4n) is 2.09. The van der Waals surface area contributed by atoms with Gasteiger partial charge in [-0.3, -0.25) is 0 Å². The predicted molar refractivity (Wildman–Crippen MR) is 47.6 cm³/mol. The molecule has 1 fully saturated rings. The predicted octanol–water partition coefficient (Wildman–Crippen LogP) is 2.85. The van der Waals surface area contributed by atoms with E-state index in [2.05, 4.69) is 13.8 Å². The van der Waals surface area contributed by atoms with Crippen molar-refractivity contribution in [3.8, 4) is 0 Å². The van der Waals surface area contributed by atoms with Crippen molar-refractivity contribution in [3.05, 3.63) is 0 Å². The summed E-state index contributed by atoms with van der Waals surface area (Å²) in [5, 5.41) is 0. The second kappa shape index (κ2) is 4.76. The molecule has 1 heterocycles. The molecule has 0 N–H and O–H groups in total. The van der Waals surface area contributed by atoms with Gasteiger partial charge in [-0.25, -0.2) is 0 Å². The molecule has 1 rings (SSSR count). The standard InChI is InChI=1S/C10H20O/c1-3-9(4-2)10-6-5-7-11-8-10/h9-10H,3-8H2,1-2H3. The quantitative estimate of drug-likeness (QED) is 0.610. The molecule has 1 atom stereocenters. The van der Waals surface area contributed by atoms with Gasteiger partial charge in [-0.2, -0.15) is 0 Å². The summed E-state index contributed by atoms with van der Waals surface area (Å²) in [6.45, 7) is 6.61. The minimum atomic E-state index is 0.860. The van der Waals surface area contributed by atoms with Crippen molar-refractivity contribution in [2.24, 2.45) is 11.8 Å². The normalized spacial score (nSPS) is 25.9. The molecule has 0 saturated carbocycles. The Morgan fingerprint density at radius 1 is 1.36 bits per heavy atom. The monoisotopic (exact) mass is 156 g/mol. The molecule has 66 valence electrons. The topological polar surface area (TPSA) is 9.23 Å². The number of hydrogen-bond donors (Lipinski definition) is 0. The maximum Gasteiger partial charge on any atom is 0.0496 e. The van der Waals surface area contributed by atoms with E-state index in [1.54, 1.807) is 0 Å². The van der Waals surface area contributed by atoms with Crippen molar-refractivity contribution in [1.82, 2.24) is 0 Å². The SMILES string of the molecule is CCC(CC)C1CCCOC1. The summed E-state index contributed by atoms with van der Waals surface area (Å²) >= 11 is 0. The lowest BCUT2D eigenvalue weighted by Crippen LogP contribution is -2.24. The third-order valence-corrected chi connectivity index (χ3v) is 2.91. The second-order valence-electron chi connectivity index (χ2n) is 3.55. The molecule has 0 bridgehead atoms. The summed E-state index contributed by atoms with van der Waals surface area (Å²) in [5.74, 6) is 1.77. The fraction of sp³-hybridized carbons (Fsp3) is 1.00. The molecule has 1 saturated heterocycles. The first kappa shape index (κ1) is 9.05. The van der Waals surface area contributed by atoms with Crippen LogP contribution < -0.4 is 0 Å². The summed E-state index contributed by atoms with van der Waals surface area (Å²) in [6.07, 6.45) is 5.32. The molecule has 0 aromatic carbocycles. The molecule has 0 amide bonds. The van der Waals surface area contributed by atoms with Gasteiger partial charge >= 0.3 is 0 Å². The Labute approximate surface area is 70.1 Å². The molecular weight excluding hydrogens is 136 g/mol. The minimum Gasteiger partial charge on any atom is -0.381 e. The first-order chi connectivity index (χ1) is 5.38. The lowest BCUT2D eigenvalue weighted by Gasteiger charge is -2.28. The van der Waals surface area contributed by atoms with Gasteiger partial charge in [0.2, 0.25) is 0 Å². The molecule has 1 nitrogen and oxygen atoms in total. The summed E-state index contributed by atoms with van der Waals surface area (Å²) in [4.78, 5) is 0. The van der Waals surface area contributed by atoms with Gasteiger partial charge in [-0.05, 0) is 24.7 Å². The number of rotatable bonds is 3. The van der Waals surface area contributed by atoms with E-state index in [1.807, 2.05) is 0 Å². The Morgan fingerprint density at radius 3 is 2.55 bits per heavy atom. The number of hydrogen-bond acceptors (Lipinski definition) is 1. The van der Waals surface area contributed by atoms with Crippen LogP contribution in [0, 0.1) is 11.8 Å².